The van der Waals surface area contributed by atoms with Crippen LogP contribution in [-0.4, -0.2) is 28.6 Å². The first kappa shape index (κ1) is 14.3. The Labute approximate surface area is 135 Å². The average molecular weight is 307 g/mol. The second-order valence-electron chi connectivity index (χ2n) is 8.53. The van der Waals surface area contributed by atoms with E-state index in [1.54, 1.807) is 0 Å². The van der Waals surface area contributed by atoms with Crippen LogP contribution in [0.1, 0.15) is 70.6 Å². The lowest BCUT2D eigenvalue weighted by Gasteiger charge is -2.57. The molecule has 0 aromatic heterocycles. The number of nitrogens with one attached hydrogen (secondary N) is 1. The zero-order valence-electron chi connectivity index (χ0n) is 13.4. The highest BCUT2D eigenvalue weighted by molar-refractivity contribution is 7.80. The maximum Gasteiger partial charge on any atom is 0.169 e. The first-order valence-corrected chi connectivity index (χ1v) is 9.59. The van der Waals surface area contributed by atoms with Crippen molar-refractivity contribution in [1.82, 2.24) is 10.2 Å². The SMILES string of the molecule is CN(C(=S)NC12CC3CC(CC(C3)C1)C2)C1CCCCC1. The predicted octanol–water partition coefficient (Wildman–Crippen LogP) is 4.09. The summed E-state index contributed by atoms with van der Waals surface area (Å²) in [5.74, 6) is 2.98. The van der Waals surface area contributed by atoms with E-state index in [1.165, 1.54) is 70.6 Å². The van der Waals surface area contributed by atoms with E-state index >= 15 is 0 Å². The molecule has 5 rings (SSSR count). The van der Waals surface area contributed by atoms with Crippen molar-refractivity contribution in [3.05, 3.63) is 0 Å². The molecule has 3 heteroatoms. The van der Waals surface area contributed by atoms with Crippen molar-refractivity contribution in [3.63, 3.8) is 0 Å². The van der Waals surface area contributed by atoms with Crippen LogP contribution in [0.4, 0.5) is 0 Å². The van der Waals surface area contributed by atoms with Gasteiger partial charge in [-0.15, -0.1) is 0 Å². The molecule has 0 aliphatic heterocycles. The molecule has 0 radical (unpaired) electrons. The summed E-state index contributed by atoms with van der Waals surface area (Å²) in [7, 11) is 2.23. The number of hydrogen-bond donors (Lipinski definition) is 1. The Morgan fingerprint density at radius 2 is 1.48 bits per heavy atom. The topological polar surface area (TPSA) is 15.3 Å². The molecule has 5 fully saturated rings. The molecule has 0 amide bonds. The van der Waals surface area contributed by atoms with E-state index < -0.39 is 0 Å². The molecule has 0 aromatic carbocycles. The van der Waals surface area contributed by atoms with Gasteiger partial charge in [-0.25, -0.2) is 0 Å². The monoisotopic (exact) mass is 306 g/mol. The van der Waals surface area contributed by atoms with Gasteiger partial charge in [0.15, 0.2) is 5.11 Å². The molecule has 1 N–H and O–H groups in total. The Hall–Kier alpha value is -0.310. The zero-order chi connectivity index (χ0) is 14.4. The Morgan fingerprint density at radius 3 is 2.00 bits per heavy atom. The molecule has 5 saturated carbocycles. The average Bonchev–Trinajstić information content (AvgIpc) is 2.45. The Balaban J connectivity index is 1.42. The maximum atomic E-state index is 5.81. The van der Waals surface area contributed by atoms with Crippen LogP contribution in [0, 0.1) is 17.8 Å². The molecule has 0 aromatic rings. The summed E-state index contributed by atoms with van der Waals surface area (Å²) >= 11 is 5.81. The van der Waals surface area contributed by atoms with E-state index in [4.69, 9.17) is 12.2 Å². The van der Waals surface area contributed by atoms with Gasteiger partial charge in [0, 0.05) is 18.6 Å². The largest absolute Gasteiger partial charge is 0.357 e. The molecule has 4 bridgehead atoms. The quantitative estimate of drug-likeness (QED) is 0.773. The van der Waals surface area contributed by atoms with Gasteiger partial charge in [-0.1, -0.05) is 19.3 Å². The minimum atomic E-state index is 0.370. The van der Waals surface area contributed by atoms with Crippen LogP contribution in [0.5, 0.6) is 0 Å². The number of thiocarbonyl (C=S) groups is 1. The molecule has 0 heterocycles. The number of hydrogen-bond acceptors (Lipinski definition) is 1. The van der Waals surface area contributed by atoms with Gasteiger partial charge < -0.3 is 10.2 Å². The van der Waals surface area contributed by atoms with Crippen molar-refractivity contribution < 1.29 is 0 Å². The molecule has 0 atom stereocenters. The van der Waals surface area contributed by atoms with Crippen LogP contribution in [0.15, 0.2) is 0 Å². The van der Waals surface area contributed by atoms with Gasteiger partial charge in [0.2, 0.25) is 0 Å². The normalized spacial score (nSPS) is 42.0. The summed E-state index contributed by atoms with van der Waals surface area (Å²) in [6, 6.07) is 0.688. The lowest BCUT2D eigenvalue weighted by molar-refractivity contribution is -0.0114. The summed E-state index contributed by atoms with van der Waals surface area (Å²) in [4.78, 5) is 2.40. The van der Waals surface area contributed by atoms with Gasteiger partial charge in [0.05, 0.1) is 0 Å². The smallest absolute Gasteiger partial charge is 0.169 e. The molecule has 5 aliphatic rings. The summed E-state index contributed by atoms with van der Waals surface area (Å²) in [5, 5.41) is 4.92. The molecule has 0 saturated heterocycles. The molecule has 0 unspecified atom stereocenters. The Morgan fingerprint density at radius 1 is 0.952 bits per heavy atom. The van der Waals surface area contributed by atoms with Crippen molar-refractivity contribution in [3.8, 4) is 0 Å². The fourth-order valence-corrected chi connectivity index (χ4v) is 6.58. The van der Waals surface area contributed by atoms with E-state index in [2.05, 4.69) is 17.3 Å². The van der Waals surface area contributed by atoms with Gasteiger partial charge in [0.25, 0.3) is 0 Å². The van der Waals surface area contributed by atoms with Gasteiger partial charge in [-0.2, -0.15) is 0 Å². The van der Waals surface area contributed by atoms with Crippen molar-refractivity contribution in [2.75, 3.05) is 7.05 Å². The van der Waals surface area contributed by atoms with Gasteiger partial charge in [0.1, 0.15) is 0 Å². The van der Waals surface area contributed by atoms with Crippen LogP contribution in [0.2, 0.25) is 0 Å². The molecule has 5 aliphatic carbocycles. The van der Waals surface area contributed by atoms with Gasteiger partial charge in [-0.05, 0) is 81.3 Å². The van der Waals surface area contributed by atoms with Crippen LogP contribution >= 0.6 is 12.2 Å². The Bertz CT molecular complexity index is 378. The predicted molar refractivity (Wildman–Crippen MR) is 91.3 cm³/mol. The highest BCUT2D eigenvalue weighted by atomic mass is 32.1. The van der Waals surface area contributed by atoms with Crippen molar-refractivity contribution in [1.29, 1.82) is 0 Å². The Kier molecular flexibility index (Phi) is 3.68. The van der Waals surface area contributed by atoms with Crippen molar-refractivity contribution in [2.45, 2.75) is 82.2 Å². The minimum Gasteiger partial charge on any atom is -0.357 e. The highest BCUT2D eigenvalue weighted by Crippen LogP contribution is 2.55. The van der Waals surface area contributed by atoms with E-state index in [9.17, 15) is 0 Å². The van der Waals surface area contributed by atoms with Crippen LogP contribution in [0.3, 0.4) is 0 Å². The van der Waals surface area contributed by atoms with Crippen LogP contribution < -0.4 is 5.32 Å². The minimum absolute atomic E-state index is 0.370. The second-order valence-corrected chi connectivity index (χ2v) is 8.92. The molecule has 118 valence electrons. The summed E-state index contributed by atoms with van der Waals surface area (Å²) in [6.07, 6.45) is 15.5. The van der Waals surface area contributed by atoms with Gasteiger partial charge >= 0.3 is 0 Å². The molecular weight excluding hydrogens is 276 g/mol. The van der Waals surface area contributed by atoms with E-state index in [0.29, 0.717) is 11.6 Å². The van der Waals surface area contributed by atoms with Crippen LogP contribution in [-0.2, 0) is 0 Å². The maximum absolute atomic E-state index is 5.81. The van der Waals surface area contributed by atoms with Crippen molar-refractivity contribution >= 4 is 17.3 Å². The third kappa shape index (κ3) is 2.71. The number of nitrogens with zero attached hydrogens (tertiary/aromatic N) is 1. The lowest BCUT2D eigenvalue weighted by atomic mass is 9.53. The molecule has 21 heavy (non-hydrogen) atoms. The molecule has 2 nitrogen and oxygen atoms in total. The van der Waals surface area contributed by atoms with Crippen molar-refractivity contribution in [2.24, 2.45) is 17.8 Å². The third-order valence-electron chi connectivity index (χ3n) is 6.85. The number of rotatable bonds is 2. The van der Waals surface area contributed by atoms with Crippen LogP contribution in [0.25, 0.3) is 0 Å². The summed E-state index contributed by atoms with van der Waals surface area (Å²) in [6.45, 7) is 0. The fourth-order valence-electron chi connectivity index (χ4n) is 6.21. The molecular formula is C18H30N2S. The summed E-state index contributed by atoms with van der Waals surface area (Å²) in [5.41, 5.74) is 0.370. The first-order valence-electron chi connectivity index (χ1n) is 9.18. The molecule has 0 spiro atoms. The zero-order valence-corrected chi connectivity index (χ0v) is 14.3. The third-order valence-corrected chi connectivity index (χ3v) is 7.24. The van der Waals surface area contributed by atoms with E-state index in [1.807, 2.05) is 0 Å². The summed E-state index contributed by atoms with van der Waals surface area (Å²) < 4.78 is 0. The fraction of sp³-hybridized carbons (Fsp3) is 0.944. The first-order chi connectivity index (χ1) is 10.1. The lowest BCUT2D eigenvalue weighted by Crippen LogP contribution is -2.62. The standard InChI is InChI=1S/C18H30N2S/c1-20(16-5-3-2-4-6-16)17(21)19-18-10-13-7-14(11-18)9-15(8-13)12-18/h13-16H,2-12H2,1H3,(H,19,21). The second kappa shape index (κ2) is 5.40. The van der Waals surface area contributed by atoms with E-state index in [-0.39, 0.29) is 0 Å². The van der Waals surface area contributed by atoms with E-state index in [0.717, 1.165) is 22.9 Å². The van der Waals surface area contributed by atoms with Gasteiger partial charge in [-0.3, -0.25) is 0 Å². The highest BCUT2D eigenvalue weighted by Gasteiger charge is 2.51.